The summed E-state index contributed by atoms with van der Waals surface area (Å²) in [6.45, 7) is 7.83. The molecule has 0 bridgehead atoms. The summed E-state index contributed by atoms with van der Waals surface area (Å²) >= 11 is 13.7. The number of thiazole rings is 1. The van der Waals surface area contributed by atoms with E-state index in [2.05, 4.69) is 4.90 Å². The van der Waals surface area contributed by atoms with Crippen LogP contribution >= 0.6 is 34.5 Å². The van der Waals surface area contributed by atoms with E-state index in [4.69, 9.17) is 28.2 Å². The topological polar surface area (TPSA) is 53.5 Å². The number of aromatic nitrogens is 1. The van der Waals surface area contributed by atoms with Crippen molar-refractivity contribution < 1.29 is 8.42 Å². The van der Waals surface area contributed by atoms with Gasteiger partial charge >= 0.3 is 0 Å². The molecule has 2 heterocycles. The molecule has 0 radical (unpaired) electrons. The molecule has 1 fully saturated rings. The zero-order chi connectivity index (χ0) is 23.0. The second-order valence-corrected chi connectivity index (χ2v) is 11.7. The van der Waals surface area contributed by atoms with Gasteiger partial charge < -0.3 is 4.90 Å². The molecule has 0 saturated carbocycles. The van der Waals surface area contributed by atoms with Crippen LogP contribution in [0.5, 0.6) is 0 Å². The van der Waals surface area contributed by atoms with Crippen LogP contribution in [0, 0.1) is 20.8 Å². The maximum absolute atomic E-state index is 13.3. The molecule has 0 spiro atoms. The Balaban J connectivity index is 1.43. The van der Waals surface area contributed by atoms with Gasteiger partial charge in [-0.05, 0) is 49.6 Å². The van der Waals surface area contributed by atoms with Gasteiger partial charge in [0.2, 0.25) is 10.0 Å². The molecule has 0 atom stereocenters. The van der Waals surface area contributed by atoms with E-state index in [-0.39, 0.29) is 0 Å². The molecule has 1 aromatic heterocycles. The number of hydrogen-bond acceptors (Lipinski definition) is 5. The fourth-order valence-electron chi connectivity index (χ4n) is 4.20. The van der Waals surface area contributed by atoms with Gasteiger partial charge in [-0.15, -0.1) is 11.3 Å². The Labute approximate surface area is 203 Å². The number of aryl methyl sites for hydroxylation is 3. The van der Waals surface area contributed by atoms with Crippen molar-refractivity contribution in [2.75, 3.05) is 31.1 Å². The van der Waals surface area contributed by atoms with Crippen LogP contribution < -0.4 is 4.90 Å². The molecule has 1 aliphatic heterocycles. The normalized spacial score (nSPS) is 15.3. The minimum atomic E-state index is -3.52. The van der Waals surface area contributed by atoms with E-state index >= 15 is 0 Å². The van der Waals surface area contributed by atoms with Crippen molar-refractivity contribution in [1.29, 1.82) is 0 Å². The standard InChI is InChI=1S/C23H25Cl2N3O2S2/c1-15-10-16(2)22(17(3)11-15)32(29,30)28-8-6-27(7-9-28)23-26-19(14-31-23)12-18-4-5-20(24)21(25)13-18/h4-5,10-11,13-14H,6-9,12H2,1-3H3. The average Bonchev–Trinajstić information content (AvgIpc) is 3.18. The van der Waals surface area contributed by atoms with E-state index in [9.17, 15) is 8.42 Å². The molecule has 4 rings (SSSR count). The van der Waals surface area contributed by atoms with Gasteiger partial charge in [0, 0.05) is 38.0 Å². The highest BCUT2D eigenvalue weighted by Gasteiger charge is 2.31. The molecule has 32 heavy (non-hydrogen) atoms. The number of anilines is 1. The summed E-state index contributed by atoms with van der Waals surface area (Å²) in [5, 5.41) is 4.04. The van der Waals surface area contributed by atoms with Crippen molar-refractivity contribution >= 4 is 49.7 Å². The summed E-state index contributed by atoms with van der Waals surface area (Å²) in [5.41, 5.74) is 4.69. The van der Waals surface area contributed by atoms with Gasteiger partial charge in [0.1, 0.15) is 0 Å². The van der Waals surface area contributed by atoms with Crippen LogP contribution in [0.25, 0.3) is 0 Å². The largest absolute Gasteiger partial charge is 0.345 e. The molecule has 0 unspecified atom stereocenters. The van der Waals surface area contributed by atoms with E-state index in [1.807, 2.05) is 50.4 Å². The lowest BCUT2D eigenvalue weighted by Crippen LogP contribution is -2.48. The number of hydrogen-bond donors (Lipinski definition) is 0. The van der Waals surface area contributed by atoms with Gasteiger partial charge in [0.25, 0.3) is 0 Å². The van der Waals surface area contributed by atoms with Crippen LogP contribution in [0.4, 0.5) is 5.13 Å². The fraction of sp³-hybridized carbons (Fsp3) is 0.348. The Morgan fingerprint density at radius 2 is 1.62 bits per heavy atom. The molecule has 2 aromatic carbocycles. The fourth-order valence-corrected chi connectivity index (χ4v) is 7.24. The van der Waals surface area contributed by atoms with E-state index < -0.39 is 10.0 Å². The average molecular weight is 511 g/mol. The van der Waals surface area contributed by atoms with Gasteiger partial charge in [-0.3, -0.25) is 0 Å². The van der Waals surface area contributed by atoms with Crippen LogP contribution in [0.1, 0.15) is 27.9 Å². The molecule has 9 heteroatoms. The zero-order valence-electron chi connectivity index (χ0n) is 18.2. The highest BCUT2D eigenvalue weighted by molar-refractivity contribution is 7.89. The lowest BCUT2D eigenvalue weighted by atomic mass is 10.1. The number of halogens is 2. The molecule has 5 nitrogen and oxygen atoms in total. The minimum absolute atomic E-state index is 0.440. The molecular weight excluding hydrogens is 485 g/mol. The molecule has 170 valence electrons. The minimum Gasteiger partial charge on any atom is -0.345 e. The predicted octanol–water partition coefficient (Wildman–Crippen LogP) is 5.48. The summed E-state index contributed by atoms with van der Waals surface area (Å²) in [5.74, 6) is 0. The van der Waals surface area contributed by atoms with Gasteiger partial charge in [0.05, 0.1) is 20.6 Å². The molecule has 1 aliphatic rings. The van der Waals surface area contributed by atoms with E-state index in [1.165, 1.54) is 0 Å². The maximum Gasteiger partial charge on any atom is 0.243 e. The van der Waals surface area contributed by atoms with Crippen LogP contribution in [0.2, 0.25) is 10.0 Å². The zero-order valence-corrected chi connectivity index (χ0v) is 21.4. The molecule has 1 saturated heterocycles. The number of sulfonamides is 1. The first-order chi connectivity index (χ1) is 15.1. The number of benzene rings is 2. The number of nitrogens with zero attached hydrogens (tertiary/aromatic N) is 3. The first-order valence-corrected chi connectivity index (χ1v) is 13.4. The molecule has 0 N–H and O–H groups in total. The highest BCUT2D eigenvalue weighted by Crippen LogP contribution is 2.29. The van der Waals surface area contributed by atoms with Crippen molar-refractivity contribution in [1.82, 2.24) is 9.29 Å². The Morgan fingerprint density at radius 3 is 2.25 bits per heavy atom. The SMILES string of the molecule is Cc1cc(C)c(S(=O)(=O)N2CCN(c3nc(Cc4ccc(Cl)c(Cl)c4)cs3)CC2)c(C)c1. The Bertz CT molecular complexity index is 1230. The molecule has 3 aromatic rings. The van der Waals surface area contributed by atoms with Crippen molar-refractivity contribution in [2.24, 2.45) is 0 Å². The Morgan fingerprint density at radius 1 is 0.969 bits per heavy atom. The second-order valence-electron chi connectivity index (χ2n) is 8.17. The van der Waals surface area contributed by atoms with Crippen molar-refractivity contribution in [3.05, 3.63) is 73.7 Å². The number of piperazine rings is 1. The summed E-state index contributed by atoms with van der Waals surface area (Å²) in [6, 6.07) is 9.47. The lowest BCUT2D eigenvalue weighted by Gasteiger charge is -2.34. The maximum atomic E-state index is 13.3. The van der Waals surface area contributed by atoms with E-state index in [0.29, 0.717) is 47.5 Å². The Hall–Kier alpha value is -1.64. The predicted molar refractivity (Wildman–Crippen MR) is 133 cm³/mol. The summed E-state index contributed by atoms with van der Waals surface area (Å²) in [4.78, 5) is 7.36. The van der Waals surface area contributed by atoms with Gasteiger partial charge in [-0.1, -0.05) is 47.0 Å². The van der Waals surface area contributed by atoms with Gasteiger partial charge in [-0.25, -0.2) is 13.4 Å². The van der Waals surface area contributed by atoms with Crippen LogP contribution in [-0.2, 0) is 16.4 Å². The molecular formula is C23H25Cl2N3O2S2. The second kappa shape index (κ2) is 9.31. The molecule has 0 amide bonds. The van der Waals surface area contributed by atoms with Gasteiger partial charge in [-0.2, -0.15) is 4.31 Å². The van der Waals surface area contributed by atoms with Gasteiger partial charge in [0.15, 0.2) is 5.13 Å². The summed E-state index contributed by atoms with van der Waals surface area (Å²) < 4.78 is 28.2. The Kier molecular flexibility index (Phi) is 6.84. The van der Waals surface area contributed by atoms with Crippen LogP contribution in [0.15, 0.2) is 40.6 Å². The summed E-state index contributed by atoms with van der Waals surface area (Å²) in [7, 11) is -3.52. The van der Waals surface area contributed by atoms with Crippen LogP contribution in [0.3, 0.4) is 0 Å². The van der Waals surface area contributed by atoms with Crippen molar-refractivity contribution in [3.8, 4) is 0 Å². The highest BCUT2D eigenvalue weighted by atomic mass is 35.5. The molecule has 0 aliphatic carbocycles. The van der Waals surface area contributed by atoms with E-state index in [0.717, 1.165) is 33.1 Å². The quantitative estimate of drug-likeness (QED) is 0.457. The van der Waals surface area contributed by atoms with Crippen molar-refractivity contribution in [3.63, 3.8) is 0 Å². The number of rotatable bonds is 5. The third kappa shape index (κ3) is 4.82. The smallest absolute Gasteiger partial charge is 0.243 e. The first kappa shape index (κ1) is 23.5. The third-order valence-corrected chi connectivity index (χ3v) is 9.51. The van der Waals surface area contributed by atoms with E-state index in [1.54, 1.807) is 21.7 Å². The lowest BCUT2D eigenvalue weighted by molar-refractivity contribution is 0.384. The van der Waals surface area contributed by atoms with Crippen LogP contribution in [-0.4, -0.2) is 43.9 Å². The third-order valence-electron chi connectivity index (χ3n) is 5.62. The van der Waals surface area contributed by atoms with Crippen molar-refractivity contribution in [2.45, 2.75) is 32.1 Å². The summed E-state index contributed by atoms with van der Waals surface area (Å²) in [6.07, 6.45) is 0.674. The first-order valence-electron chi connectivity index (χ1n) is 10.4. The monoisotopic (exact) mass is 509 g/mol.